The zero-order chi connectivity index (χ0) is 23.7. The summed E-state index contributed by atoms with van der Waals surface area (Å²) in [6, 6.07) is 5.36. The number of nitrogens with zero attached hydrogens (tertiary/aromatic N) is 2. The van der Waals surface area contributed by atoms with Gasteiger partial charge in [0.05, 0.1) is 11.1 Å². The number of fused-ring (bicyclic) bond motifs is 2. The fourth-order valence-corrected chi connectivity index (χ4v) is 4.46. The van der Waals surface area contributed by atoms with Crippen LogP contribution < -0.4 is 5.32 Å². The maximum Gasteiger partial charge on any atom is 0.256 e. The summed E-state index contributed by atoms with van der Waals surface area (Å²) in [5.41, 5.74) is 5.83. The smallest absolute Gasteiger partial charge is 0.256 e. The summed E-state index contributed by atoms with van der Waals surface area (Å²) in [7, 11) is 3.99. The summed E-state index contributed by atoms with van der Waals surface area (Å²) in [6.45, 7) is 3.62. The number of amides is 2. The molecule has 8 heteroatoms. The van der Waals surface area contributed by atoms with Crippen LogP contribution >= 0.6 is 0 Å². The molecule has 0 saturated carbocycles. The molecular weight excluding hydrogens is 420 g/mol. The first-order chi connectivity index (χ1) is 15.8. The molecular formula is C25H30N4O4. The number of aliphatic hydroxyl groups is 1. The fourth-order valence-electron chi connectivity index (χ4n) is 4.46. The van der Waals surface area contributed by atoms with E-state index in [1.807, 2.05) is 32.0 Å². The molecule has 3 N–H and O–H groups in total. The molecule has 2 aliphatic heterocycles. The van der Waals surface area contributed by atoms with Gasteiger partial charge in [-0.3, -0.25) is 14.4 Å². The Morgan fingerprint density at radius 3 is 2.79 bits per heavy atom. The van der Waals surface area contributed by atoms with E-state index in [1.54, 1.807) is 18.2 Å². The molecule has 0 bridgehead atoms. The third-order valence-electron chi connectivity index (χ3n) is 6.27. The van der Waals surface area contributed by atoms with Crippen molar-refractivity contribution >= 4 is 34.9 Å². The predicted octanol–water partition coefficient (Wildman–Crippen LogP) is 1.87. The Labute approximate surface area is 193 Å². The van der Waals surface area contributed by atoms with Gasteiger partial charge in [0.25, 0.3) is 11.8 Å². The highest BCUT2D eigenvalue weighted by molar-refractivity contribution is 6.35. The van der Waals surface area contributed by atoms with E-state index in [2.05, 4.69) is 15.2 Å². The van der Waals surface area contributed by atoms with Crippen LogP contribution in [0.3, 0.4) is 0 Å². The van der Waals surface area contributed by atoms with E-state index >= 15 is 0 Å². The lowest BCUT2D eigenvalue weighted by molar-refractivity contribution is -0.121. The molecule has 33 heavy (non-hydrogen) atoms. The van der Waals surface area contributed by atoms with Gasteiger partial charge >= 0.3 is 0 Å². The van der Waals surface area contributed by atoms with Crippen molar-refractivity contribution in [3.8, 4) is 0 Å². The lowest BCUT2D eigenvalue weighted by atomic mass is 9.99. The van der Waals surface area contributed by atoms with Crippen molar-refractivity contribution < 1.29 is 19.5 Å². The number of ketones is 1. The van der Waals surface area contributed by atoms with Gasteiger partial charge in [-0.05, 0) is 63.2 Å². The molecule has 2 amide bonds. The molecule has 0 aliphatic carbocycles. The van der Waals surface area contributed by atoms with Crippen LogP contribution in [0.4, 0.5) is 5.69 Å². The third-order valence-corrected chi connectivity index (χ3v) is 6.27. The summed E-state index contributed by atoms with van der Waals surface area (Å²) >= 11 is 0. The maximum atomic E-state index is 13.3. The van der Waals surface area contributed by atoms with Crippen LogP contribution in [0.15, 0.2) is 18.2 Å². The van der Waals surface area contributed by atoms with Crippen molar-refractivity contribution in [2.24, 2.45) is 0 Å². The number of H-pyrrole nitrogens is 1. The number of rotatable bonds is 7. The largest absolute Gasteiger partial charge is 0.389 e. The molecule has 1 aromatic carbocycles. The number of hydrogen-bond donors (Lipinski definition) is 3. The molecule has 3 heterocycles. The van der Waals surface area contributed by atoms with Gasteiger partial charge in [-0.1, -0.05) is 6.07 Å². The highest BCUT2D eigenvalue weighted by Crippen LogP contribution is 2.35. The van der Waals surface area contributed by atoms with Crippen LogP contribution in [0.2, 0.25) is 0 Å². The van der Waals surface area contributed by atoms with Crippen LogP contribution in [0, 0.1) is 6.92 Å². The molecule has 4 rings (SSSR count). The first-order valence-corrected chi connectivity index (χ1v) is 11.2. The fraction of sp³-hybridized carbons (Fsp3) is 0.400. The molecule has 2 aliphatic rings. The summed E-state index contributed by atoms with van der Waals surface area (Å²) < 4.78 is 0. The normalized spacial score (nSPS) is 16.8. The number of likely N-dealkylation sites (N-methyl/N-ethyl adjacent to an activating group) is 1. The summed E-state index contributed by atoms with van der Waals surface area (Å²) in [5.74, 6) is -0.471. The molecule has 0 fully saturated rings. The molecule has 0 radical (unpaired) electrons. The average Bonchev–Trinajstić information content (AvgIpc) is 3.19. The van der Waals surface area contributed by atoms with Gasteiger partial charge in [-0.15, -0.1) is 0 Å². The Hall–Kier alpha value is -3.23. The quantitative estimate of drug-likeness (QED) is 0.559. The minimum atomic E-state index is -0.510. The number of hydrogen-bond acceptors (Lipinski definition) is 5. The van der Waals surface area contributed by atoms with Gasteiger partial charge < -0.3 is 25.2 Å². The van der Waals surface area contributed by atoms with Crippen molar-refractivity contribution in [2.75, 3.05) is 45.7 Å². The average molecular weight is 451 g/mol. The number of anilines is 1. The first kappa shape index (κ1) is 22.9. The Morgan fingerprint density at radius 1 is 1.27 bits per heavy atom. The van der Waals surface area contributed by atoms with Crippen LogP contribution in [-0.4, -0.2) is 77.8 Å². The van der Waals surface area contributed by atoms with Crippen molar-refractivity contribution in [3.05, 3.63) is 51.8 Å². The summed E-state index contributed by atoms with van der Waals surface area (Å²) in [6.07, 6.45) is 3.56. The minimum Gasteiger partial charge on any atom is -0.389 e. The molecule has 2 aromatic rings. The van der Waals surface area contributed by atoms with Gasteiger partial charge in [-0.2, -0.15) is 0 Å². The molecule has 8 nitrogen and oxygen atoms in total. The van der Waals surface area contributed by atoms with Gasteiger partial charge in [0.15, 0.2) is 5.78 Å². The Bertz CT molecular complexity index is 1150. The second-order valence-corrected chi connectivity index (χ2v) is 8.98. The second kappa shape index (κ2) is 9.33. The standard InChI is InChI=1S/C25H30N4O4/c1-15-22(26-21-5-4-8-29(10-9-28(2)3)25(33)23(15)21)13-19-18-12-16(11-17(31)14-30)6-7-20(18)27-24(19)32/h6-7,12-13,26,30H,4-5,8-11,14H2,1-3H3,(H,27,32)/b19-13-. The topological polar surface area (TPSA) is 106 Å². The van der Waals surface area contributed by atoms with Gasteiger partial charge in [0.1, 0.15) is 6.61 Å². The zero-order valence-corrected chi connectivity index (χ0v) is 19.3. The van der Waals surface area contributed by atoms with Gasteiger partial charge in [0, 0.05) is 48.7 Å². The van der Waals surface area contributed by atoms with E-state index in [-0.39, 0.29) is 24.0 Å². The Balaban J connectivity index is 1.68. The van der Waals surface area contributed by atoms with Crippen LogP contribution in [0.1, 0.15) is 44.9 Å². The van der Waals surface area contributed by atoms with E-state index in [0.717, 1.165) is 48.4 Å². The molecule has 0 saturated heterocycles. The van der Waals surface area contributed by atoms with E-state index < -0.39 is 6.61 Å². The van der Waals surface area contributed by atoms with Crippen molar-refractivity contribution in [1.82, 2.24) is 14.8 Å². The van der Waals surface area contributed by atoms with E-state index in [4.69, 9.17) is 5.11 Å². The molecule has 1 aromatic heterocycles. The first-order valence-electron chi connectivity index (χ1n) is 11.2. The lowest BCUT2D eigenvalue weighted by Gasteiger charge is -2.23. The Morgan fingerprint density at radius 2 is 2.06 bits per heavy atom. The van der Waals surface area contributed by atoms with Gasteiger partial charge in [-0.25, -0.2) is 0 Å². The maximum absolute atomic E-state index is 13.3. The number of carbonyl (C=O) groups is 3. The van der Waals surface area contributed by atoms with E-state index in [9.17, 15) is 14.4 Å². The number of aromatic nitrogens is 1. The van der Waals surface area contributed by atoms with Crippen LogP contribution in [-0.2, 0) is 22.4 Å². The monoisotopic (exact) mass is 450 g/mol. The SMILES string of the molecule is Cc1c(/C=C2\C(=O)Nc3ccc(CC(=O)CO)cc32)[nH]c2c1C(=O)N(CCN(C)C)CCC2. The number of aryl methyl sites for hydroxylation is 1. The number of benzene rings is 1. The minimum absolute atomic E-state index is 0.0313. The second-order valence-electron chi connectivity index (χ2n) is 8.98. The summed E-state index contributed by atoms with van der Waals surface area (Å²) in [4.78, 5) is 45.0. The number of aliphatic hydroxyl groups excluding tert-OH is 1. The third kappa shape index (κ3) is 4.62. The number of carbonyl (C=O) groups excluding carboxylic acids is 3. The number of aromatic amines is 1. The molecule has 0 atom stereocenters. The molecule has 0 spiro atoms. The highest BCUT2D eigenvalue weighted by Gasteiger charge is 2.29. The van der Waals surface area contributed by atoms with E-state index in [1.165, 1.54) is 0 Å². The van der Waals surface area contributed by atoms with Crippen molar-refractivity contribution in [2.45, 2.75) is 26.2 Å². The van der Waals surface area contributed by atoms with Crippen LogP contribution in [0.25, 0.3) is 11.6 Å². The molecule has 174 valence electrons. The van der Waals surface area contributed by atoms with Gasteiger partial charge in [0.2, 0.25) is 0 Å². The van der Waals surface area contributed by atoms with E-state index in [0.29, 0.717) is 28.9 Å². The predicted molar refractivity (Wildman–Crippen MR) is 127 cm³/mol. The zero-order valence-electron chi connectivity index (χ0n) is 19.3. The molecule has 0 unspecified atom stereocenters. The van der Waals surface area contributed by atoms with Crippen molar-refractivity contribution in [3.63, 3.8) is 0 Å². The number of Topliss-reactive ketones (excluding diaryl/α,β-unsaturated/α-hetero) is 1. The highest BCUT2D eigenvalue weighted by atomic mass is 16.3. The van der Waals surface area contributed by atoms with Crippen LogP contribution in [0.5, 0.6) is 0 Å². The Kier molecular flexibility index (Phi) is 6.49. The summed E-state index contributed by atoms with van der Waals surface area (Å²) in [5, 5.41) is 11.9. The lowest BCUT2D eigenvalue weighted by Crippen LogP contribution is -2.36. The number of nitrogens with one attached hydrogen (secondary N) is 2. The van der Waals surface area contributed by atoms with Crippen molar-refractivity contribution in [1.29, 1.82) is 0 Å².